The second kappa shape index (κ2) is 6.73. The van der Waals surface area contributed by atoms with Crippen molar-refractivity contribution in [3.8, 4) is 0 Å². The van der Waals surface area contributed by atoms with Gasteiger partial charge in [-0.2, -0.15) is 0 Å². The van der Waals surface area contributed by atoms with Crippen LogP contribution in [0.4, 0.5) is 0 Å². The number of nitrogens with one attached hydrogen (secondary N) is 1. The average Bonchev–Trinajstić information content (AvgIpc) is 2.68. The molecule has 0 radical (unpaired) electrons. The van der Waals surface area contributed by atoms with Crippen LogP contribution in [0.5, 0.6) is 0 Å². The number of likely N-dealkylation sites (tertiary alicyclic amines) is 1. The van der Waals surface area contributed by atoms with Gasteiger partial charge in [0, 0.05) is 0 Å². The normalized spacial score (nSPS) is 26.2. The van der Waals surface area contributed by atoms with Gasteiger partial charge in [0.1, 0.15) is 5.76 Å². The molecule has 0 amide bonds. The lowest BCUT2D eigenvalue weighted by Crippen LogP contribution is -2.36. The van der Waals surface area contributed by atoms with E-state index in [1.807, 2.05) is 13.1 Å². The highest BCUT2D eigenvalue weighted by molar-refractivity contribution is 9.10. The minimum absolute atomic E-state index is 0.398. The summed E-state index contributed by atoms with van der Waals surface area (Å²) in [5, 5.41) is 3.34. The van der Waals surface area contributed by atoms with Gasteiger partial charge in [-0.05, 0) is 67.4 Å². The Morgan fingerprint density at radius 3 is 2.94 bits per heavy atom. The molecule has 0 aromatic carbocycles. The molecule has 0 saturated carbocycles. The Morgan fingerprint density at radius 1 is 1.50 bits per heavy atom. The van der Waals surface area contributed by atoms with Crippen molar-refractivity contribution in [2.24, 2.45) is 5.92 Å². The predicted molar refractivity (Wildman–Crippen MR) is 77.7 cm³/mol. The molecule has 0 bridgehead atoms. The van der Waals surface area contributed by atoms with Gasteiger partial charge >= 0.3 is 0 Å². The van der Waals surface area contributed by atoms with Crippen LogP contribution in [0.1, 0.15) is 38.0 Å². The molecule has 1 aromatic rings. The summed E-state index contributed by atoms with van der Waals surface area (Å²) in [6.45, 7) is 5.55. The van der Waals surface area contributed by atoms with Gasteiger partial charge in [-0.1, -0.05) is 13.3 Å². The highest BCUT2D eigenvalue weighted by Gasteiger charge is 2.33. The van der Waals surface area contributed by atoms with E-state index in [9.17, 15) is 0 Å². The van der Waals surface area contributed by atoms with Crippen LogP contribution in [-0.4, -0.2) is 31.6 Å². The van der Waals surface area contributed by atoms with Crippen LogP contribution in [0.15, 0.2) is 21.2 Å². The molecule has 102 valence electrons. The van der Waals surface area contributed by atoms with Crippen LogP contribution in [0.3, 0.4) is 0 Å². The Labute approximate surface area is 118 Å². The van der Waals surface area contributed by atoms with Gasteiger partial charge < -0.3 is 9.73 Å². The first-order valence-electron chi connectivity index (χ1n) is 6.89. The summed E-state index contributed by atoms with van der Waals surface area (Å²) in [4.78, 5) is 2.55. The zero-order chi connectivity index (χ0) is 13.0. The summed E-state index contributed by atoms with van der Waals surface area (Å²) < 4.78 is 6.86. The highest BCUT2D eigenvalue weighted by Crippen LogP contribution is 2.38. The average molecular weight is 315 g/mol. The Morgan fingerprint density at radius 2 is 2.33 bits per heavy atom. The van der Waals surface area contributed by atoms with Crippen LogP contribution < -0.4 is 5.32 Å². The molecule has 1 aromatic heterocycles. The van der Waals surface area contributed by atoms with E-state index in [0.29, 0.717) is 12.0 Å². The zero-order valence-corrected chi connectivity index (χ0v) is 12.9. The largest absolute Gasteiger partial charge is 0.466 e. The van der Waals surface area contributed by atoms with Crippen molar-refractivity contribution in [3.63, 3.8) is 0 Å². The molecule has 2 rings (SSSR count). The Kier molecular flexibility index (Phi) is 5.27. The fourth-order valence-electron chi connectivity index (χ4n) is 3.04. The molecule has 3 nitrogen and oxygen atoms in total. The number of hydrogen-bond donors (Lipinski definition) is 1. The Balaban J connectivity index is 2.29. The van der Waals surface area contributed by atoms with E-state index in [-0.39, 0.29) is 0 Å². The van der Waals surface area contributed by atoms with Gasteiger partial charge in [-0.3, -0.25) is 4.90 Å². The van der Waals surface area contributed by atoms with Crippen LogP contribution in [0, 0.1) is 5.92 Å². The van der Waals surface area contributed by atoms with Gasteiger partial charge in [0.2, 0.25) is 0 Å². The van der Waals surface area contributed by atoms with Crippen molar-refractivity contribution in [3.05, 3.63) is 22.6 Å². The van der Waals surface area contributed by atoms with Crippen molar-refractivity contribution in [2.45, 2.75) is 32.2 Å². The van der Waals surface area contributed by atoms with E-state index in [1.165, 1.54) is 25.8 Å². The van der Waals surface area contributed by atoms with Gasteiger partial charge in [-0.15, -0.1) is 0 Å². The lowest BCUT2D eigenvalue weighted by molar-refractivity contribution is 0.139. The maximum Gasteiger partial charge on any atom is 0.135 e. The smallest absolute Gasteiger partial charge is 0.135 e. The van der Waals surface area contributed by atoms with Crippen molar-refractivity contribution < 1.29 is 4.42 Å². The molecule has 2 atom stereocenters. The first-order chi connectivity index (χ1) is 8.77. The summed E-state index contributed by atoms with van der Waals surface area (Å²) >= 11 is 3.62. The molecule has 1 saturated heterocycles. The fourth-order valence-corrected chi connectivity index (χ4v) is 3.48. The topological polar surface area (TPSA) is 28.4 Å². The quantitative estimate of drug-likeness (QED) is 0.923. The van der Waals surface area contributed by atoms with E-state index < -0.39 is 0 Å². The summed E-state index contributed by atoms with van der Waals surface area (Å²) in [6, 6.07) is 2.40. The third-order valence-electron chi connectivity index (χ3n) is 3.90. The lowest BCUT2D eigenvalue weighted by Gasteiger charge is -2.33. The standard InChI is InChI=1S/C14H23BrN2O/c1-3-17-8-5-4-6-11(10-16-2)13(17)14-12(15)7-9-18-14/h7,9,11,13,16H,3-6,8,10H2,1-2H3. The monoisotopic (exact) mass is 314 g/mol. The van der Waals surface area contributed by atoms with Crippen LogP contribution >= 0.6 is 15.9 Å². The van der Waals surface area contributed by atoms with Crippen molar-refractivity contribution in [2.75, 3.05) is 26.7 Å². The van der Waals surface area contributed by atoms with Crippen molar-refractivity contribution >= 4 is 15.9 Å². The molecule has 2 unspecified atom stereocenters. The minimum Gasteiger partial charge on any atom is -0.466 e. The number of furan rings is 1. The lowest BCUT2D eigenvalue weighted by atomic mass is 9.92. The maximum atomic E-state index is 5.75. The molecular weight excluding hydrogens is 292 g/mol. The van der Waals surface area contributed by atoms with Crippen LogP contribution in [-0.2, 0) is 0 Å². The van der Waals surface area contributed by atoms with Crippen LogP contribution in [0.2, 0.25) is 0 Å². The first kappa shape index (κ1) is 14.1. The number of rotatable bonds is 4. The molecule has 1 fully saturated rings. The SMILES string of the molecule is CCN1CCCCC(CNC)C1c1occc1Br. The van der Waals surface area contributed by atoms with E-state index in [1.54, 1.807) is 6.26 Å². The van der Waals surface area contributed by atoms with Gasteiger partial charge in [0.05, 0.1) is 16.8 Å². The van der Waals surface area contributed by atoms with Crippen molar-refractivity contribution in [1.29, 1.82) is 0 Å². The van der Waals surface area contributed by atoms with Gasteiger partial charge in [0.15, 0.2) is 0 Å². The molecule has 0 spiro atoms. The van der Waals surface area contributed by atoms with E-state index in [0.717, 1.165) is 23.3 Å². The van der Waals surface area contributed by atoms with E-state index >= 15 is 0 Å². The van der Waals surface area contributed by atoms with Crippen molar-refractivity contribution in [1.82, 2.24) is 10.2 Å². The maximum absolute atomic E-state index is 5.75. The summed E-state index contributed by atoms with van der Waals surface area (Å²) in [7, 11) is 2.04. The first-order valence-corrected chi connectivity index (χ1v) is 7.68. The molecule has 4 heteroatoms. The molecule has 0 aliphatic carbocycles. The summed E-state index contributed by atoms with van der Waals surface area (Å²) in [5.74, 6) is 1.72. The van der Waals surface area contributed by atoms with Gasteiger partial charge in [-0.25, -0.2) is 0 Å². The predicted octanol–water partition coefficient (Wildman–Crippen LogP) is 3.42. The second-order valence-corrected chi connectivity index (χ2v) is 5.87. The molecule has 18 heavy (non-hydrogen) atoms. The van der Waals surface area contributed by atoms with Gasteiger partial charge in [0.25, 0.3) is 0 Å². The van der Waals surface area contributed by atoms with E-state index in [2.05, 4.69) is 33.1 Å². The summed E-state index contributed by atoms with van der Waals surface area (Å²) in [5.41, 5.74) is 0. The minimum atomic E-state index is 0.398. The summed E-state index contributed by atoms with van der Waals surface area (Å²) in [6.07, 6.45) is 5.67. The second-order valence-electron chi connectivity index (χ2n) is 5.02. The number of halogens is 1. The molecular formula is C14H23BrN2O. The molecule has 1 aliphatic heterocycles. The van der Waals surface area contributed by atoms with E-state index in [4.69, 9.17) is 4.42 Å². The molecule has 1 aliphatic rings. The third-order valence-corrected chi connectivity index (χ3v) is 4.55. The fraction of sp³-hybridized carbons (Fsp3) is 0.714. The third kappa shape index (κ3) is 2.98. The highest BCUT2D eigenvalue weighted by atomic mass is 79.9. The Hall–Kier alpha value is -0.320. The number of nitrogens with zero attached hydrogens (tertiary/aromatic N) is 1. The Bertz CT molecular complexity index is 366. The molecule has 1 N–H and O–H groups in total. The van der Waals surface area contributed by atoms with Crippen LogP contribution in [0.25, 0.3) is 0 Å². The number of hydrogen-bond acceptors (Lipinski definition) is 3. The zero-order valence-electron chi connectivity index (χ0n) is 11.3. The molecule has 2 heterocycles.